The second-order valence-corrected chi connectivity index (χ2v) is 9.05. The van der Waals surface area contributed by atoms with Gasteiger partial charge in [0.1, 0.15) is 5.54 Å². The minimum absolute atomic E-state index is 0.0404. The third-order valence-electron chi connectivity index (χ3n) is 5.29. The monoisotopic (exact) mass is 408 g/mol. The van der Waals surface area contributed by atoms with E-state index in [1.807, 2.05) is 0 Å². The van der Waals surface area contributed by atoms with E-state index < -0.39 is 34.8 Å². The molecule has 2 rings (SSSR count). The van der Waals surface area contributed by atoms with Crippen LogP contribution in [-0.2, 0) is 19.7 Å². The van der Waals surface area contributed by atoms with Crippen molar-refractivity contribution < 1.29 is 33.1 Å². The summed E-state index contributed by atoms with van der Waals surface area (Å²) in [7, 11) is -5.46. The Morgan fingerprint density at radius 3 is 2.63 bits per heavy atom. The average molecular weight is 408 g/mol. The van der Waals surface area contributed by atoms with Gasteiger partial charge in [-0.2, -0.15) is 17.0 Å². The predicted octanol–water partition coefficient (Wildman–Crippen LogP) is -2.75. The van der Waals surface area contributed by atoms with Gasteiger partial charge in [-0.05, 0) is 19.2 Å². The molecule has 0 aromatic heterocycles. The van der Waals surface area contributed by atoms with Gasteiger partial charge in [-0.3, -0.25) is 4.79 Å². The molecule has 2 aliphatic rings. The predicted molar refractivity (Wildman–Crippen MR) is 97.8 cm³/mol. The Morgan fingerprint density at radius 1 is 1.41 bits per heavy atom. The lowest BCUT2D eigenvalue weighted by Crippen LogP contribution is -2.56. The molecule has 0 spiro atoms. The maximum atomic E-state index is 13.2. The topological polar surface area (TPSA) is 180 Å². The number of carboxylic acid groups (broad SMARTS) is 1. The summed E-state index contributed by atoms with van der Waals surface area (Å²) in [6.07, 6.45) is 1.22. The second kappa shape index (κ2) is 9.14. The molecule has 0 saturated carbocycles. The highest BCUT2D eigenvalue weighted by Crippen LogP contribution is 2.33. The normalized spacial score (nSPS) is 29.5. The van der Waals surface area contributed by atoms with Gasteiger partial charge in [0.15, 0.2) is 0 Å². The summed E-state index contributed by atoms with van der Waals surface area (Å²) in [6.45, 7) is 0.598. The SMILES string of the molecule is NCCN(C1CCOC1)S(=O)(=O)N1C[C@H](CCCB(O)O)[C@](N)(C(=O)O)C1. The molecule has 2 saturated heterocycles. The molecular formula is C14H29BN4O7S. The van der Waals surface area contributed by atoms with Gasteiger partial charge in [0, 0.05) is 38.7 Å². The van der Waals surface area contributed by atoms with Crippen molar-refractivity contribution in [3.05, 3.63) is 0 Å². The fourth-order valence-electron chi connectivity index (χ4n) is 3.72. The molecule has 13 heteroatoms. The van der Waals surface area contributed by atoms with E-state index in [4.69, 9.17) is 26.3 Å². The molecule has 2 heterocycles. The number of nitrogens with zero attached hydrogens (tertiary/aromatic N) is 2. The van der Waals surface area contributed by atoms with E-state index in [0.29, 0.717) is 19.4 Å². The first-order valence-electron chi connectivity index (χ1n) is 9.06. The largest absolute Gasteiger partial charge is 0.480 e. The first-order valence-corrected chi connectivity index (χ1v) is 10.5. The Kier molecular flexibility index (Phi) is 7.61. The van der Waals surface area contributed by atoms with Gasteiger partial charge >= 0.3 is 13.1 Å². The van der Waals surface area contributed by atoms with Crippen LogP contribution in [0.2, 0.25) is 6.32 Å². The number of carboxylic acids is 1. The number of aliphatic carboxylic acids is 1. The fraction of sp³-hybridized carbons (Fsp3) is 0.929. The van der Waals surface area contributed by atoms with Gasteiger partial charge in [-0.25, -0.2) is 0 Å². The molecule has 0 aromatic carbocycles. The minimum atomic E-state index is -3.96. The Balaban J connectivity index is 2.19. The number of nitrogens with two attached hydrogens (primary N) is 2. The average Bonchev–Trinajstić information content (AvgIpc) is 3.21. The van der Waals surface area contributed by atoms with Crippen LogP contribution in [0.5, 0.6) is 0 Å². The Labute approximate surface area is 159 Å². The number of hydrogen-bond acceptors (Lipinski definition) is 8. The lowest BCUT2D eigenvalue weighted by molar-refractivity contribution is -0.144. The maximum Gasteiger partial charge on any atom is 0.451 e. The Hall–Kier alpha value is -0.795. The van der Waals surface area contributed by atoms with Crippen LogP contribution in [0.4, 0.5) is 0 Å². The summed E-state index contributed by atoms with van der Waals surface area (Å²) < 4.78 is 34.0. The second-order valence-electron chi connectivity index (χ2n) is 7.17. The summed E-state index contributed by atoms with van der Waals surface area (Å²) in [6, 6.07) is -0.334. The third-order valence-corrected chi connectivity index (χ3v) is 7.29. The Morgan fingerprint density at radius 2 is 2.11 bits per heavy atom. The third kappa shape index (κ3) is 4.98. The van der Waals surface area contributed by atoms with Gasteiger partial charge in [-0.1, -0.05) is 6.42 Å². The van der Waals surface area contributed by atoms with Crippen molar-refractivity contribution in [2.75, 3.05) is 39.4 Å². The molecule has 0 aliphatic carbocycles. The molecule has 156 valence electrons. The van der Waals surface area contributed by atoms with Crippen LogP contribution < -0.4 is 11.5 Å². The van der Waals surface area contributed by atoms with Crippen molar-refractivity contribution in [2.24, 2.45) is 17.4 Å². The molecule has 0 amide bonds. The van der Waals surface area contributed by atoms with Gasteiger partial charge in [0.2, 0.25) is 0 Å². The summed E-state index contributed by atoms with van der Waals surface area (Å²) in [5, 5.41) is 27.5. The van der Waals surface area contributed by atoms with Crippen LogP contribution in [0, 0.1) is 5.92 Å². The highest BCUT2D eigenvalue weighted by Gasteiger charge is 2.53. The number of rotatable bonds is 10. The summed E-state index contributed by atoms with van der Waals surface area (Å²) >= 11 is 0. The maximum absolute atomic E-state index is 13.2. The van der Waals surface area contributed by atoms with E-state index in [0.717, 1.165) is 4.31 Å². The van der Waals surface area contributed by atoms with Crippen LogP contribution in [0.25, 0.3) is 0 Å². The van der Waals surface area contributed by atoms with Gasteiger partial charge < -0.3 is 31.4 Å². The first kappa shape index (κ1) is 22.5. The van der Waals surface area contributed by atoms with Gasteiger partial charge in [-0.15, -0.1) is 0 Å². The van der Waals surface area contributed by atoms with E-state index >= 15 is 0 Å². The zero-order chi connectivity index (χ0) is 20.2. The first-order chi connectivity index (χ1) is 12.6. The standard InChI is InChI=1S/C14H29BN4O7S/c16-5-6-19(12-3-7-26-9-12)27(24,25)18-8-11(2-1-4-15(22)23)14(17,10-18)13(20)21/h11-12,22-23H,1-10,16-17H2,(H,20,21)/t11-,12?,14-/m0/s1. The molecule has 2 fully saturated rings. The van der Waals surface area contributed by atoms with Crippen LogP contribution in [0.1, 0.15) is 19.3 Å². The molecular weight excluding hydrogens is 379 g/mol. The van der Waals surface area contributed by atoms with Crippen molar-refractivity contribution in [3.63, 3.8) is 0 Å². The summed E-state index contributed by atoms with van der Waals surface area (Å²) in [5.41, 5.74) is 9.93. The molecule has 0 bridgehead atoms. The fourth-order valence-corrected chi connectivity index (χ4v) is 5.64. The van der Waals surface area contributed by atoms with Crippen molar-refractivity contribution in [1.29, 1.82) is 0 Å². The molecule has 3 atom stereocenters. The van der Waals surface area contributed by atoms with Crippen molar-refractivity contribution in [3.8, 4) is 0 Å². The zero-order valence-electron chi connectivity index (χ0n) is 15.2. The van der Waals surface area contributed by atoms with Crippen LogP contribution in [-0.4, -0.2) is 96.2 Å². The summed E-state index contributed by atoms with van der Waals surface area (Å²) in [5.74, 6) is -1.91. The van der Waals surface area contributed by atoms with Crippen LogP contribution in [0.15, 0.2) is 0 Å². The quantitative estimate of drug-likeness (QED) is 0.239. The number of ether oxygens (including phenoxy) is 1. The lowest BCUT2D eigenvalue weighted by Gasteiger charge is -2.31. The highest BCUT2D eigenvalue weighted by atomic mass is 32.2. The minimum Gasteiger partial charge on any atom is -0.480 e. The summed E-state index contributed by atoms with van der Waals surface area (Å²) in [4.78, 5) is 11.8. The molecule has 7 N–H and O–H groups in total. The van der Waals surface area contributed by atoms with Gasteiger partial charge in [0.25, 0.3) is 10.2 Å². The van der Waals surface area contributed by atoms with Crippen LogP contribution >= 0.6 is 0 Å². The molecule has 0 radical (unpaired) electrons. The zero-order valence-corrected chi connectivity index (χ0v) is 16.1. The van der Waals surface area contributed by atoms with Crippen molar-refractivity contribution in [1.82, 2.24) is 8.61 Å². The molecule has 27 heavy (non-hydrogen) atoms. The van der Waals surface area contributed by atoms with E-state index in [1.54, 1.807) is 0 Å². The van der Waals surface area contributed by atoms with Crippen LogP contribution in [0.3, 0.4) is 0 Å². The van der Waals surface area contributed by atoms with E-state index in [1.165, 1.54) is 4.31 Å². The van der Waals surface area contributed by atoms with Gasteiger partial charge in [0.05, 0.1) is 12.6 Å². The molecule has 2 aliphatic heterocycles. The van der Waals surface area contributed by atoms with E-state index in [9.17, 15) is 18.3 Å². The van der Waals surface area contributed by atoms with Crippen molar-refractivity contribution in [2.45, 2.75) is 37.2 Å². The smallest absolute Gasteiger partial charge is 0.451 e. The molecule has 11 nitrogen and oxygen atoms in total. The lowest BCUT2D eigenvalue weighted by atomic mass is 9.78. The Bertz CT molecular complexity index is 617. The van der Waals surface area contributed by atoms with E-state index in [-0.39, 0.29) is 51.6 Å². The molecule has 0 aromatic rings. The number of hydrogen-bond donors (Lipinski definition) is 5. The molecule has 1 unspecified atom stereocenters. The highest BCUT2D eigenvalue weighted by molar-refractivity contribution is 7.86. The van der Waals surface area contributed by atoms with E-state index in [2.05, 4.69) is 0 Å². The number of carbonyl (C=O) groups is 1. The van der Waals surface area contributed by atoms with Crippen molar-refractivity contribution >= 4 is 23.3 Å².